The van der Waals surface area contributed by atoms with Gasteiger partial charge in [0.25, 0.3) is 0 Å². The van der Waals surface area contributed by atoms with Crippen LogP contribution in [0.15, 0.2) is 0 Å². The minimum absolute atomic E-state index is 0.0636. The molecule has 0 aliphatic carbocycles. The van der Waals surface area contributed by atoms with Crippen LogP contribution >= 0.6 is 0 Å². The van der Waals surface area contributed by atoms with Crippen molar-refractivity contribution in [3.8, 4) is 0 Å². The maximum atomic E-state index is 13.1. The van der Waals surface area contributed by atoms with Crippen LogP contribution in [-0.4, -0.2) is 30.6 Å². The highest BCUT2D eigenvalue weighted by Crippen LogP contribution is 2.19. The van der Waals surface area contributed by atoms with Gasteiger partial charge in [-0.25, -0.2) is 0 Å². The third kappa shape index (κ3) is 34.3. The maximum Gasteiger partial charge on any atom is 0.308 e. The van der Waals surface area contributed by atoms with Crippen molar-refractivity contribution in [3.05, 3.63) is 0 Å². The molecule has 0 fully saturated rings. The summed E-state index contributed by atoms with van der Waals surface area (Å²) in [6.07, 6.45) is 38.2. The van der Waals surface area contributed by atoms with Crippen molar-refractivity contribution in [2.45, 2.75) is 245 Å². The number of Topliss-reactive ketones (excluding diaryl/α,β-unsaturated/α-hetero) is 1. The van der Waals surface area contributed by atoms with Gasteiger partial charge in [0, 0.05) is 13.0 Å². The zero-order valence-corrected chi connectivity index (χ0v) is 31.1. The Morgan fingerprint density at radius 3 is 1.13 bits per heavy atom. The number of ketones is 1. The number of hydrogen-bond donors (Lipinski definition) is 0. The molecule has 0 amide bonds. The van der Waals surface area contributed by atoms with E-state index in [1.807, 2.05) is 0 Å². The number of carbonyl (C=O) groups is 2. The Morgan fingerprint density at radius 2 is 0.756 bits per heavy atom. The lowest BCUT2D eigenvalue weighted by molar-refractivity contribution is -0.153. The Kier molecular flexibility index (Phi) is 35.2. The van der Waals surface area contributed by atoms with Gasteiger partial charge in [-0.3, -0.25) is 9.59 Å². The number of carbonyl (C=O) groups excluding carboxylic acids is 2. The van der Waals surface area contributed by atoms with Gasteiger partial charge in [0.15, 0.2) is 0 Å². The summed E-state index contributed by atoms with van der Waals surface area (Å²) in [4.78, 5) is 25.0. The highest BCUT2D eigenvalue weighted by molar-refractivity contribution is 5.77. The Labute approximate surface area is 282 Å². The fourth-order valence-electron chi connectivity index (χ4n) is 6.39. The smallest absolute Gasteiger partial charge is 0.308 e. The van der Waals surface area contributed by atoms with Crippen molar-refractivity contribution in [1.29, 1.82) is 0 Å². The minimum atomic E-state index is -0.283. The van der Waals surface area contributed by atoms with E-state index < -0.39 is 0 Å². The summed E-state index contributed by atoms with van der Waals surface area (Å²) in [6, 6.07) is 0. The van der Waals surface area contributed by atoms with E-state index in [9.17, 15) is 9.59 Å². The normalized spacial score (nSPS) is 12.8. The molecule has 0 aliphatic rings. The van der Waals surface area contributed by atoms with Gasteiger partial charge in [-0.05, 0) is 32.6 Å². The lowest BCUT2D eigenvalue weighted by atomic mass is 10.0. The van der Waals surface area contributed by atoms with Crippen LogP contribution in [0.1, 0.15) is 233 Å². The fraction of sp³-hybridized carbons (Fsp3) is 0.951. The molecule has 0 N–H and O–H groups in total. The first kappa shape index (κ1) is 44.1. The van der Waals surface area contributed by atoms with Crippen molar-refractivity contribution >= 4 is 11.8 Å². The first-order chi connectivity index (χ1) is 22.0. The van der Waals surface area contributed by atoms with E-state index in [1.165, 1.54) is 154 Å². The monoisotopic (exact) mass is 637 g/mol. The molecule has 0 heterocycles. The summed E-state index contributed by atoms with van der Waals surface area (Å²) in [5.41, 5.74) is 0. The molecule has 0 unspecified atom stereocenters. The number of unbranched alkanes of at least 4 members (excludes halogenated alkanes) is 25. The van der Waals surface area contributed by atoms with Crippen LogP contribution in [0.2, 0.25) is 0 Å². The summed E-state index contributed by atoms with van der Waals surface area (Å²) < 4.78 is 12.2. The van der Waals surface area contributed by atoms with Gasteiger partial charge in [-0.15, -0.1) is 0 Å². The predicted molar refractivity (Wildman–Crippen MR) is 195 cm³/mol. The largest absolute Gasteiger partial charge is 0.462 e. The topological polar surface area (TPSA) is 52.6 Å². The zero-order chi connectivity index (χ0) is 33.1. The highest BCUT2D eigenvalue weighted by Gasteiger charge is 2.20. The standard InChI is InChI=1S/C41H80O4/c1-5-8-11-14-17-20-23-26-29-32-35-44-39(33-30-27-24-21-18-15-12-9-6-2)37-41(43)45-40(36-38(4)42)34-31-28-25-22-19-16-13-10-7-3/h39-40H,5-37H2,1-4H3/t39-,40+/m1/s1. The van der Waals surface area contributed by atoms with Crippen LogP contribution in [0, 0.1) is 0 Å². The van der Waals surface area contributed by atoms with Gasteiger partial charge in [-0.2, -0.15) is 0 Å². The molecular formula is C41H80O4. The van der Waals surface area contributed by atoms with Crippen LogP contribution in [0.3, 0.4) is 0 Å². The third-order valence-electron chi connectivity index (χ3n) is 9.32. The van der Waals surface area contributed by atoms with E-state index in [-0.39, 0.29) is 24.0 Å². The second-order valence-electron chi connectivity index (χ2n) is 14.1. The van der Waals surface area contributed by atoms with Gasteiger partial charge in [0.1, 0.15) is 11.9 Å². The van der Waals surface area contributed by atoms with Crippen molar-refractivity contribution in [3.63, 3.8) is 0 Å². The molecule has 0 aromatic carbocycles. The molecule has 4 nitrogen and oxygen atoms in total. The molecule has 0 rings (SSSR count). The molecule has 0 saturated heterocycles. The molecule has 0 bridgehead atoms. The first-order valence-electron chi connectivity index (χ1n) is 20.3. The molecule has 0 aromatic rings. The van der Waals surface area contributed by atoms with E-state index in [2.05, 4.69) is 20.8 Å². The molecular weight excluding hydrogens is 556 g/mol. The average Bonchev–Trinajstić information content (AvgIpc) is 3.01. The fourth-order valence-corrected chi connectivity index (χ4v) is 6.39. The number of rotatable bonds is 37. The summed E-state index contributed by atoms with van der Waals surface area (Å²) >= 11 is 0. The molecule has 0 aromatic heterocycles. The van der Waals surface area contributed by atoms with Gasteiger partial charge < -0.3 is 9.47 Å². The minimum Gasteiger partial charge on any atom is -0.462 e. The molecule has 0 spiro atoms. The first-order valence-corrected chi connectivity index (χ1v) is 20.3. The number of hydrogen-bond acceptors (Lipinski definition) is 4. The number of esters is 1. The summed E-state index contributed by atoms with van der Waals surface area (Å²) in [5.74, 6) is -0.0756. The second-order valence-corrected chi connectivity index (χ2v) is 14.1. The van der Waals surface area contributed by atoms with Crippen molar-refractivity contribution < 1.29 is 19.1 Å². The Balaban J connectivity index is 4.50. The Bertz CT molecular complexity index is 619. The molecule has 0 aliphatic heterocycles. The van der Waals surface area contributed by atoms with Crippen molar-refractivity contribution in [2.75, 3.05) is 6.61 Å². The molecule has 0 saturated carbocycles. The van der Waals surface area contributed by atoms with E-state index >= 15 is 0 Å². The van der Waals surface area contributed by atoms with Gasteiger partial charge in [-0.1, -0.05) is 188 Å². The van der Waals surface area contributed by atoms with Crippen molar-refractivity contribution in [1.82, 2.24) is 0 Å². The van der Waals surface area contributed by atoms with Crippen LogP contribution in [0.5, 0.6) is 0 Å². The zero-order valence-electron chi connectivity index (χ0n) is 31.1. The van der Waals surface area contributed by atoms with Gasteiger partial charge in [0.2, 0.25) is 0 Å². The summed E-state index contributed by atoms with van der Waals surface area (Å²) in [6.45, 7) is 9.15. The predicted octanol–water partition coefficient (Wildman–Crippen LogP) is 13.4. The van der Waals surface area contributed by atoms with Crippen molar-refractivity contribution in [2.24, 2.45) is 0 Å². The molecule has 268 valence electrons. The summed E-state index contributed by atoms with van der Waals surface area (Å²) in [7, 11) is 0. The SMILES string of the molecule is CCCCCCCCCCCCO[C@H](CCCCCCCCCCC)CC(=O)O[C@@H](CCCCCCCCCCC)CC(C)=O. The number of ether oxygens (including phenoxy) is 2. The quantitative estimate of drug-likeness (QED) is 0.0503. The molecule has 4 heteroatoms. The Morgan fingerprint density at radius 1 is 0.422 bits per heavy atom. The molecule has 2 atom stereocenters. The van der Waals surface area contributed by atoms with E-state index in [0.717, 1.165) is 45.1 Å². The molecule has 0 radical (unpaired) electrons. The van der Waals surface area contributed by atoms with Crippen LogP contribution < -0.4 is 0 Å². The third-order valence-corrected chi connectivity index (χ3v) is 9.32. The molecule has 45 heavy (non-hydrogen) atoms. The van der Waals surface area contributed by atoms with E-state index in [0.29, 0.717) is 12.8 Å². The van der Waals surface area contributed by atoms with Crippen LogP contribution in [0.25, 0.3) is 0 Å². The lowest BCUT2D eigenvalue weighted by Crippen LogP contribution is -2.25. The Hall–Kier alpha value is -0.900. The lowest BCUT2D eigenvalue weighted by Gasteiger charge is -2.21. The van der Waals surface area contributed by atoms with E-state index in [4.69, 9.17) is 9.47 Å². The highest BCUT2D eigenvalue weighted by atomic mass is 16.5. The second kappa shape index (κ2) is 35.9. The summed E-state index contributed by atoms with van der Waals surface area (Å²) in [5, 5.41) is 0. The van der Waals surface area contributed by atoms with Crippen LogP contribution in [0.4, 0.5) is 0 Å². The van der Waals surface area contributed by atoms with E-state index in [1.54, 1.807) is 6.92 Å². The van der Waals surface area contributed by atoms with Gasteiger partial charge >= 0.3 is 5.97 Å². The van der Waals surface area contributed by atoms with Crippen LogP contribution in [-0.2, 0) is 19.1 Å². The van der Waals surface area contributed by atoms with Gasteiger partial charge in [0.05, 0.1) is 12.5 Å². The average molecular weight is 637 g/mol. The maximum absolute atomic E-state index is 13.1.